The predicted molar refractivity (Wildman–Crippen MR) is 71.3 cm³/mol. The molecule has 2 nitrogen and oxygen atoms in total. The number of nitrogens with one attached hydrogen (secondary N) is 1. The summed E-state index contributed by atoms with van der Waals surface area (Å²) in [5, 5.41) is 3.44. The van der Waals surface area contributed by atoms with Gasteiger partial charge in [0.1, 0.15) is 0 Å². The van der Waals surface area contributed by atoms with Gasteiger partial charge in [-0.1, -0.05) is 0 Å². The second-order valence-corrected chi connectivity index (χ2v) is 5.61. The third kappa shape index (κ3) is 1.89. The maximum atomic E-state index is 4.66. The summed E-state index contributed by atoms with van der Waals surface area (Å²) in [5.41, 5.74) is 3.25. The molecule has 1 aromatic rings. The molecule has 0 amide bonds. The number of piperidine rings is 1. The van der Waals surface area contributed by atoms with E-state index in [4.69, 9.17) is 0 Å². The predicted octanol–water partition coefficient (Wildman–Crippen LogP) is 2.83. The zero-order valence-electron chi connectivity index (χ0n) is 9.13. The Morgan fingerprint density at radius 2 is 2.00 bits per heavy atom. The van der Waals surface area contributed by atoms with Gasteiger partial charge in [-0.05, 0) is 66.3 Å². The Labute approximate surface area is 111 Å². The topological polar surface area (TPSA) is 24.9 Å². The SMILES string of the molecule is Brc1cnc2c(c1)CCC21CCNCC1.Cl. The van der Waals surface area contributed by atoms with Crippen molar-refractivity contribution in [2.75, 3.05) is 13.1 Å². The van der Waals surface area contributed by atoms with E-state index in [-0.39, 0.29) is 12.4 Å². The summed E-state index contributed by atoms with van der Waals surface area (Å²) >= 11 is 3.50. The molecule has 1 N–H and O–H groups in total. The van der Waals surface area contributed by atoms with Crippen molar-refractivity contribution < 1.29 is 0 Å². The lowest BCUT2D eigenvalue weighted by molar-refractivity contribution is 0.300. The van der Waals surface area contributed by atoms with E-state index >= 15 is 0 Å². The molecule has 1 fully saturated rings. The number of rotatable bonds is 0. The lowest BCUT2D eigenvalue weighted by Crippen LogP contribution is -2.38. The Bertz CT molecular complexity index is 389. The van der Waals surface area contributed by atoms with Crippen LogP contribution in [0.2, 0.25) is 0 Å². The average molecular weight is 304 g/mol. The van der Waals surface area contributed by atoms with Crippen molar-refractivity contribution in [1.82, 2.24) is 10.3 Å². The van der Waals surface area contributed by atoms with E-state index in [1.54, 1.807) is 0 Å². The van der Waals surface area contributed by atoms with Crippen LogP contribution in [0.15, 0.2) is 16.7 Å². The Kier molecular flexibility index (Phi) is 3.57. The lowest BCUT2D eigenvalue weighted by atomic mass is 9.77. The summed E-state index contributed by atoms with van der Waals surface area (Å²) in [6, 6.07) is 2.25. The molecule has 0 radical (unpaired) electrons. The van der Waals surface area contributed by atoms with Crippen LogP contribution >= 0.6 is 28.3 Å². The van der Waals surface area contributed by atoms with Gasteiger partial charge in [0.05, 0.1) is 0 Å². The Hall–Kier alpha value is -0.120. The van der Waals surface area contributed by atoms with Crippen molar-refractivity contribution in [3.63, 3.8) is 0 Å². The van der Waals surface area contributed by atoms with E-state index in [1.165, 1.54) is 36.9 Å². The fourth-order valence-electron chi connectivity index (χ4n) is 3.03. The number of hydrogen-bond acceptors (Lipinski definition) is 2. The van der Waals surface area contributed by atoms with Crippen LogP contribution in [0.3, 0.4) is 0 Å². The summed E-state index contributed by atoms with van der Waals surface area (Å²) in [4.78, 5) is 4.66. The minimum absolute atomic E-state index is 0. The molecule has 0 bridgehead atoms. The van der Waals surface area contributed by atoms with Crippen molar-refractivity contribution in [3.05, 3.63) is 28.0 Å². The maximum Gasteiger partial charge on any atom is 0.0499 e. The molecule has 4 heteroatoms. The van der Waals surface area contributed by atoms with Crippen molar-refractivity contribution in [1.29, 1.82) is 0 Å². The highest BCUT2D eigenvalue weighted by Gasteiger charge is 2.40. The summed E-state index contributed by atoms with van der Waals surface area (Å²) < 4.78 is 1.12. The Morgan fingerprint density at radius 1 is 1.25 bits per heavy atom. The van der Waals surface area contributed by atoms with Gasteiger partial charge in [-0.3, -0.25) is 4.98 Å². The van der Waals surface area contributed by atoms with Crippen LogP contribution in [-0.4, -0.2) is 18.1 Å². The van der Waals surface area contributed by atoms with Gasteiger partial charge in [-0.25, -0.2) is 0 Å². The van der Waals surface area contributed by atoms with Crippen molar-refractivity contribution in [3.8, 4) is 0 Å². The number of aryl methyl sites for hydroxylation is 1. The Balaban J connectivity index is 0.000000963. The van der Waals surface area contributed by atoms with E-state index in [0.29, 0.717) is 5.41 Å². The minimum Gasteiger partial charge on any atom is -0.317 e. The van der Waals surface area contributed by atoms with Crippen LogP contribution in [-0.2, 0) is 11.8 Å². The van der Waals surface area contributed by atoms with Crippen molar-refractivity contribution in [2.45, 2.75) is 31.1 Å². The fourth-order valence-corrected chi connectivity index (χ4v) is 3.41. The van der Waals surface area contributed by atoms with E-state index in [0.717, 1.165) is 17.6 Å². The molecule has 2 heterocycles. The van der Waals surface area contributed by atoms with Gasteiger partial charge in [0.25, 0.3) is 0 Å². The van der Waals surface area contributed by atoms with Crippen LogP contribution in [0.4, 0.5) is 0 Å². The molecular weight excluding hydrogens is 288 g/mol. The first kappa shape index (κ1) is 12.3. The molecule has 88 valence electrons. The summed E-state index contributed by atoms with van der Waals surface area (Å²) in [6.45, 7) is 2.30. The fraction of sp³-hybridized carbons (Fsp3) is 0.583. The van der Waals surface area contributed by atoms with Crippen LogP contribution in [0.25, 0.3) is 0 Å². The number of fused-ring (bicyclic) bond motifs is 2. The minimum atomic E-state index is 0. The zero-order valence-corrected chi connectivity index (χ0v) is 11.5. The van der Waals surface area contributed by atoms with Crippen LogP contribution in [0, 0.1) is 0 Å². The largest absolute Gasteiger partial charge is 0.317 e. The third-order valence-corrected chi connectivity index (χ3v) is 4.30. The molecular formula is C12H16BrClN2. The first-order valence-electron chi connectivity index (χ1n) is 5.66. The summed E-state index contributed by atoms with van der Waals surface area (Å²) in [6.07, 6.45) is 6.98. The lowest BCUT2D eigenvalue weighted by Gasteiger charge is -2.33. The molecule has 1 aliphatic carbocycles. The van der Waals surface area contributed by atoms with E-state index in [2.05, 4.69) is 32.3 Å². The number of nitrogens with zero attached hydrogens (tertiary/aromatic N) is 1. The van der Waals surface area contributed by atoms with Gasteiger partial charge in [-0.15, -0.1) is 12.4 Å². The molecule has 1 aliphatic heterocycles. The highest BCUT2D eigenvalue weighted by atomic mass is 79.9. The summed E-state index contributed by atoms with van der Waals surface area (Å²) in [7, 11) is 0. The van der Waals surface area contributed by atoms with Crippen molar-refractivity contribution in [2.24, 2.45) is 0 Å². The normalized spacial score (nSPS) is 21.6. The molecule has 0 unspecified atom stereocenters. The van der Waals surface area contributed by atoms with Gasteiger partial charge in [0, 0.05) is 21.8 Å². The quantitative estimate of drug-likeness (QED) is 0.797. The van der Waals surface area contributed by atoms with Gasteiger partial charge >= 0.3 is 0 Å². The molecule has 3 rings (SSSR count). The second kappa shape index (κ2) is 4.63. The van der Waals surface area contributed by atoms with Gasteiger partial charge < -0.3 is 5.32 Å². The molecule has 0 saturated carbocycles. The molecule has 0 aromatic carbocycles. The molecule has 0 atom stereocenters. The molecule has 2 aliphatic rings. The number of aromatic nitrogens is 1. The second-order valence-electron chi connectivity index (χ2n) is 4.69. The van der Waals surface area contributed by atoms with E-state index < -0.39 is 0 Å². The van der Waals surface area contributed by atoms with Gasteiger partial charge in [-0.2, -0.15) is 0 Å². The zero-order chi connectivity index (χ0) is 10.3. The molecule has 16 heavy (non-hydrogen) atoms. The maximum absolute atomic E-state index is 4.66. The van der Waals surface area contributed by atoms with Crippen LogP contribution < -0.4 is 5.32 Å². The number of pyridine rings is 1. The summed E-state index contributed by atoms with van der Waals surface area (Å²) in [5.74, 6) is 0. The van der Waals surface area contributed by atoms with E-state index in [9.17, 15) is 0 Å². The number of halogens is 2. The smallest absolute Gasteiger partial charge is 0.0499 e. The average Bonchev–Trinajstić information content (AvgIpc) is 2.58. The van der Waals surface area contributed by atoms with Crippen LogP contribution in [0.5, 0.6) is 0 Å². The third-order valence-electron chi connectivity index (χ3n) is 3.87. The highest BCUT2D eigenvalue weighted by Crippen LogP contribution is 2.44. The standard InChI is InChI=1S/C12H15BrN2.ClH/c13-10-7-9-1-2-12(11(9)15-8-10)3-5-14-6-4-12;/h7-8,14H,1-6H2;1H. The Morgan fingerprint density at radius 3 is 2.75 bits per heavy atom. The molecule has 1 aromatic heterocycles. The van der Waals surface area contributed by atoms with Gasteiger partial charge in [0.15, 0.2) is 0 Å². The van der Waals surface area contributed by atoms with Gasteiger partial charge in [0.2, 0.25) is 0 Å². The molecule has 1 saturated heterocycles. The first-order chi connectivity index (χ1) is 7.30. The highest BCUT2D eigenvalue weighted by molar-refractivity contribution is 9.10. The molecule has 1 spiro atoms. The van der Waals surface area contributed by atoms with Crippen molar-refractivity contribution >= 4 is 28.3 Å². The van der Waals surface area contributed by atoms with Crippen LogP contribution in [0.1, 0.15) is 30.5 Å². The number of hydrogen-bond donors (Lipinski definition) is 1. The van der Waals surface area contributed by atoms with E-state index in [1.807, 2.05) is 6.20 Å². The first-order valence-corrected chi connectivity index (χ1v) is 6.45. The monoisotopic (exact) mass is 302 g/mol.